The van der Waals surface area contributed by atoms with Gasteiger partial charge in [0.05, 0.1) is 26.4 Å². The summed E-state index contributed by atoms with van der Waals surface area (Å²) in [5.41, 5.74) is 0.1000. The van der Waals surface area contributed by atoms with Gasteiger partial charge in [-0.15, -0.1) is 0 Å². The molecule has 2 rings (SSSR count). The molecule has 0 fully saturated rings. The molecule has 0 saturated carbocycles. The van der Waals surface area contributed by atoms with E-state index >= 15 is 0 Å². The Morgan fingerprint density at radius 2 is 1.76 bits per heavy atom. The van der Waals surface area contributed by atoms with Crippen LogP contribution in [0.4, 0.5) is 16.2 Å². The summed E-state index contributed by atoms with van der Waals surface area (Å²) in [5.74, 6) is 0.0954. The van der Waals surface area contributed by atoms with Gasteiger partial charge in [-0.2, -0.15) is 11.8 Å². The number of carbonyl (C=O) groups is 1. The number of phenols is 1. The van der Waals surface area contributed by atoms with Gasteiger partial charge in [-0.05, 0) is 42.7 Å². The van der Waals surface area contributed by atoms with E-state index in [1.165, 1.54) is 18.2 Å². The lowest BCUT2D eigenvalue weighted by Gasteiger charge is -2.14. The summed E-state index contributed by atoms with van der Waals surface area (Å²) in [7, 11) is -4.08. The second-order valence-electron chi connectivity index (χ2n) is 5.70. The molecule has 2 amide bonds. The molecular weight excluding hydrogens is 481 g/mol. The summed E-state index contributed by atoms with van der Waals surface area (Å²) >= 11 is 19.5. The van der Waals surface area contributed by atoms with Crippen LogP contribution in [-0.2, 0) is 10.0 Å². The number of rotatable bonds is 8. The van der Waals surface area contributed by atoms with Crippen molar-refractivity contribution in [3.63, 3.8) is 0 Å². The molecule has 4 N–H and O–H groups in total. The van der Waals surface area contributed by atoms with Crippen molar-refractivity contribution in [1.29, 1.82) is 0 Å². The molecule has 0 unspecified atom stereocenters. The average molecular weight is 499 g/mol. The van der Waals surface area contributed by atoms with Crippen molar-refractivity contribution in [1.82, 2.24) is 4.72 Å². The molecule has 0 aromatic heterocycles. The van der Waals surface area contributed by atoms with Gasteiger partial charge in [0.2, 0.25) is 10.0 Å². The monoisotopic (exact) mass is 497 g/mol. The Kier molecular flexibility index (Phi) is 8.74. The maximum absolute atomic E-state index is 12.5. The van der Waals surface area contributed by atoms with Gasteiger partial charge in [0.25, 0.3) is 0 Å². The lowest BCUT2D eigenvalue weighted by molar-refractivity contribution is 0.262. The zero-order chi connectivity index (χ0) is 21.6. The Balaban J connectivity index is 2.21. The molecule has 29 heavy (non-hydrogen) atoms. The number of aromatic hydroxyl groups is 1. The molecule has 0 radical (unpaired) electrons. The zero-order valence-corrected chi connectivity index (χ0v) is 19.0. The van der Waals surface area contributed by atoms with E-state index in [1.54, 1.807) is 23.9 Å². The number of amides is 2. The highest BCUT2D eigenvalue weighted by molar-refractivity contribution is 7.98. The standard InChI is InChI=1S/C17H18Cl3N3O4S2/c1-28-9-3-8-21-29(26,27)16-11(19)6-7-13(15(16)24)23-17(25)22-12-5-2-4-10(18)14(12)20/h2,4-7,21,24H,3,8-9H2,1H3,(H2,22,23,25). The first-order valence-corrected chi connectivity index (χ1v) is 12.2. The van der Waals surface area contributed by atoms with Crippen LogP contribution in [0.15, 0.2) is 35.2 Å². The van der Waals surface area contributed by atoms with E-state index in [0.717, 1.165) is 5.75 Å². The number of anilines is 2. The smallest absolute Gasteiger partial charge is 0.323 e. The Labute approximate surface area is 188 Å². The van der Waals surface area contributed by atoms with Crippen LogP contribution in [0.25, 0.3) is 0 Å². The van der Waals surface area contributed by atoms with Crippen LogP contribution in [0, 0.1) is 0 Å². The molecule has 12 heteroatoms. The van der Waals surface area contributed by atoms with Gasteiger partial charge in [0.15, 0.2) is 5.75 Å². The summed E-state index contributed by atoms with van der Waals surface area (Å²) in [6.07, 6.45) is 2.52. The van der Waals surface area contributed by atoms with E-state index < -0.39 is 26.7 Å². The van der Waals surface area contributed by atoms with E-state index in [9.17, 15) is 18.3 Å². The first-order chi connectivity index (χ1) is 13.7. The van der Waals surface area contributed by atoms with Crippen LogP contribution >= 0.6 is 46.6 Å². The summed E-state index contributed by atoms with van der Waals surface area (Å²) < 4.78 is 27.4. The van der Waals surface area contributed by atoms with Crippen molar-refractivity contribution in [3.05, 3.63) is 45.4 Å². The van der Waals surface area contributed by atoms with E-state index in [2.05, 4.69) is 15.4 Å². The highest BCUT2D eigenvalue weighted by atomic mass is 35.5. The summed E-state index contributed by atoms with van der Waals surface area (Å²) in [6, 6.07) is 6.47. The normalized spacial score (nSPS) is 11.3. The molecule has 0 aliphatic heterocycles. The van der Waals surface area contributed by atoms with Gasteiger partial charge in [0.1, 0.15) is 4.90 Å². The molecule has 2 aromatic carbocycles. The Morgan fingerprint density at radius 1 is 1.07 bits per heavy atom. The quantitative estimate of drug-likeness (QED) is 0.302. The molecule has 0 spiro atoms. The van der Waals surface area contributed by atoms with E-state index in [1.807, 2.05) is 6.26 Å². The van der Waals surface area contributed by atoms with Crippen molar-refractivity contribution in [2.75, 3.05) is 29.2 Å². The number of sulfonamides is 1. The molecular formula is C17H18Cl3N3O4S2. The maximum Gasteiger partial charge on any atom is 0.323 e. The minimum Gasteiger partial charge on any atom is -0.504 e. The first kappa shape index (κ1) is 23.9. The number of nitrogens with one attached hydrogen (secondary N) is 3. The lowest BCUT2D eigenvalue weighted by Crippen LogP contribution is -2.26. The van der Waals surface area contributed by atoms with Gasteiger partial charge < -0.3 is 15.7 Å². The van der Waals surface area contributed by atoms with E-state index in [-0.39, 0.29) is 33.0 Å². The molecule has 0 aliphatic rings. The van der Waals surface area contributed by atoms with Crippen LogP contribution in [0.5, 0.6) is 5.75 Å². The number of benzene rings is 2. The summed E-state index contributed by atoms with van der Waals surface area (Å²) in [5, 5.41) is 15.5. The Morgan fingerprint density at radius 3 is 2.45 bits per heavy atom. The molecule has 0 atom stereocenters. The Hall–Kier alpha value is -1.36. The molecule has 0 heterocycles. The number of hydrogen-bond acceptors (Lipinski definition) is 5. The van der Waals surface area contributed by atoms with Crippen LogP contribution in [0.3, 0.4) is 0 Å². The van der Waals surface area contributed by atoms with Crippen molar-refractivity contribution in [2.24, 2.45) is 0 Å². The second-order valence-corrected chi connectivity index (χ2v) is 9.58. The van der Waals surface area contributed by atoms with Crippen LogP contribution in [-0.4, -0.2) is 38.1 Å². The van der Waals surface area contributed by atoms with E-state index in [4.69, 9.17) is 34.8 Å². The number of phenolic OH excluding ortho intramolecular Hbond substituents is 1. The molecule has 0 saturated heterocycles. The first-order valence-electron chi connectivity index (χ1n) is 8.19. The van der Waals surface area contributed by atoms with E-state index in [0.29, 0.717) is 6.42 Å². The van der Waals surface area contributed by atoms with Gasteiger partial charge in [-0.25, -0.2) is 17.9 Å². The fourth-order valence-electron chi connectivity index (χ4n) is 2.27. The highest BCUT2D eigenvalue weighted by Gasteiger charge is 2.25. The Bertz CT molecular complexity index is 1000. The number of thioether (sulfide) groups is 1. The third-order valence-corrected chi connectivity index (χ3v) is 7.10. The van der Waals surface area contributed by atoms with Crippen LogP contribution < -0.4 is 15.4 Å². The van der Waals surface area contributed by atoms with Crippen molar-refractivity contribution in [3.8, 4) is 5.75 Å². The highest BCUT2D eigenvalue weighted by Crippen LogP contribution is 2.37. The van der Waals surface area contributed by atoms with Crippen LogP contribution in [0.2, 0.25) is 15.1 Å². The van der Waals surface area contributed by atoms with Gasteiger partial charge in [0, 0.05) is 6.54 Å². The summed E-state index contributed by atoms with van der Waals surface area (Å²) in [6.45, 7) is 0.185. The molecule has 7 nitrogen and oxygen atoms in total. The third kappa shape index (κ3) is 6.31. The maximum atomic E-state index is 12.5. The largest absolute Gasteiger partial charge is 0.504 e. The van der Waals surface area contributed by atoms with Gasteiger partial charge in [-0.1, -0.05) is 40.9 Å². The minimum atomic E-state index is -4.08. The molecule has 0 aliphatic carbocycles. The predicted molar refractivity (Wildman–Crippen MR) is 120 cm³/mol. The lowest BCUT2D eigenvalue weighted by atomic mass is 10.3. The number of carbonyl (C=O) groups excluding carboxylic acids is 1. The summed E-state index contributed by atoms with van der Waals surface area (Å²) in [4.78, 5) is 11.7. The average Bonchev–Trinajstić information content (AvgIpc) is 2.65. The van der Waals surface area contributed by atoms with Gasteiger partial charge >= 0.3 is 6.03 Å². The number of halogens is 3. The topological polar surface area (TPSA) is 108 Å². The number of urea groups is 1. The third-order valence-electron chi connectivity index (χ3n) is 3.62. The van der Waals surface area contributed by atoms with Crippen molar-refractivity contribution < 1.29 is 18.3 Å². The predicted octanol–water partition coefficient (Wildman–Crippen LogP) is 5.03. The van der Waals surface area contributed by atoms with Crippen molar-refractivity contribution in [2.45, 2.75) is 11.3 Å². The fourth-order valence-corrected chi connectivity index (χ4v) is 4.76. The zero-order valence-electron chi connectivity index (χ0n) is 15.1. The van der Waals surface area contributed by atoms with Crippen molar-refractivity contribution >= 4 is 74.0 Å². The fraction of sp³-hybridized carbons (Fsp3) is 0.235. The number of hydrogen-bond donors (Lipinski definition) is 4. The molecule has 158 valence electrons. The van der Waals surface area contributed by atoms with Crippen LogP contribution in [0.1, 0.15) is 6.42 Å². The van der Waals surface area contributed by atoms with Gasteiger partial charge in [-0.3, -0.25) is 0 Å². The minimum absolute atomic E-state index is 0.141. The second kappa shape index (κ2) is 10.6. The molecule has 0 bridgehead atoms. The SMILES string of the molecule is CSCCCNS(=O)(=O)c1c(Cl)ccc(NC(=O)Nc2cccc(Cl)c2Cl)c1O. The molecule has 2 aromatic rings.